The first-order valence-electron chi connectivity index (χ1n) is 6.99. The summed E-state index contributed by atoms with van der Waals surface area (Å²) in [7, 11) is 0. The first-order chi connectivity index (χ1) is 10.1. The van der Waals surface area contributed by atoms with Gasteiger partial charge in [0.05, 0.1) is 12.1 Å². The minimum absolute atomic E-state index is 0.160. The average Bonchev–Trinajstić information content (AvgIpc) is 3.01. The molecule has 0 saturated carbocycles. The van der Waals surface area contributed by atoms with Crippen LogP contribution in [0.4, 0.5) is 5.82 Å². The summed E-state index contributed by atoms with van der Waals surface area (Å²) in [5.41, 5.74) is 0.627. The molecule has 6 heteroatoms. The smallest absolute Gasteiger partial charge is 0.374 e. The highest BCUT2D eigenvalue weighted by molar-refractivity contribution is 5.93. The molecule has 0 aliphatic carbocycles. The first-order valence-corrected chi connectivity index (χ1v) is 6.99. The largest absolute Gasteiger partial charge is 0.475 e. The highest BCUT2D eigenvalue weighted by Crippen LogP contribution is 2.24. The Morgan fingerprint density at radius 2 is 2.24 bits per heavy atom. The quantitative estimate of drug-likeness (QED) is 0.896. The predicted molar refractivity (Wildman–Crippen MR) is 78.5 cm³/mol. The molecule has 3 rings (SSSR count). The number of hydrogen-bond donors (Lipinski definition) is 2. The van der Waals surface area contributed by atoms with Crippen LogP contribution in [0.25, 0.3) is 10.9 Å². The number of anilines is 1. The molecule has 2 aromatic rings. The molecule has 1 saturated heterocycles. The second kappa shape index (κ2) is 5.65. The van der Waals surface area contributed by atoms with Crippen LogP contribution in [0.3, 0.4) is 0 Å². The van der Waals surface area contributed by atoms with Crippen molar-refractivity contribution in [2.24, 2.45) is 5.92 Å². The molecule has 2 unspecified atom stereocenters. The normalized spacial score (nSPS) is 19.6. The van der Waals surface area contributed by atoms with Gasteiger partial charge in [0.25, 0.3) is 0 Å². The molecule has 6 nitrogen and oxygen atoms in total. The van der Waals surface area contributed by atoms with Crippen LogP contribution in [-0.4, -0.2) is 40.3 Å². The van der Waals surface area contributed by atoms with E-state index >= 15 is 0 Å². The summed E-state index contributed by atoms with van der Waals surface area (Å²) >= 11 is 0. The number of rotatable bonds is 4. The molecule has 110 valence electrons. The van der Waals surface area contributed by atoms with Gasteiger partial charge in [-0.05, 0) is 25.5 Å². The third kappa shape index (κ3) is 2.80. The summed E-state index contributed by atoms with van der Waals surface area (Å²) in [4.78, 5) is 19.4. The van der Waals surface area contributed by atoms with Gasteiger partial charge in [0.2, 0.25) is 5.82 Å². The van der Waals surface area contributed by atoms with Crippen LogP contribution in [-0.2, 0) is 4.74 Å². The SMILES string of the molecule is CC(Nc1nc(C(=O)O)nc2ccccc12)C1CCOC1. The predicted octanol–water partition coefficient (Wildman–Crippen LogP) is 2.16. The molecule has 1 aliphatic heterocycles. The maximum absolute atomic E-state index is 11.2. The van der Waals surface area contributed by atoms with Crippen molar-refractivity contribution in [1.82, 2.24) is 9.97 Å². The van der Waals surface area contributed by atoms with Crippen LogP contribution >= 0.6 is 0 Å². The Labute approximate surface area is 122 Å². The van der Waals surface area contributed by atoms with Gasteiger partial charge in [0.15, 0.2) is 0 Å². The van der Waals surface area contributed by atoms with E-state index in [1.807, 2.05) is 18.2 Å². The van der Waals surface area contributed by atoms with Crippen LogP contribution in [0.15, 0.2) is 24.3 Å². The average molecular weight is 287 g/mol. The molecular weight excluding hydrogens is 270 g/mol. The summed E-state index contributed by atoms with van der Waals surface area (Å²) in [5, 5.41) is 13.3. The number of nitrogens with one attached hydrogen (secondary N) is 1. The lowest BCUT2D eigenvalue weighted by molar-refractivity contribution is 0.0684. The topological polar surface area (TPSA) is 84.3 Å². The number of nitrogens with zero attached hydrogens (tertiary/aromatic N) is 2. The van der Waals surface area contributed by atoms with Gasteiger partial charge < -0.3 is 15.2 Å². The number of fused-ring (bicyclic) bond motifs is 1. The van der Waals surface area contributed by atoms with Crippen molar-refractivity contribution in [3.63, 3.8) is 0 Å². The summed E-state index contributed by atoms with van der Waals surface area (Å²) < 4.78 is 5.40. The van der Waals surface area contributed by atoms with Gasteiger partial charge >= 0.3 is 5.97 Å². The van der Waals surface area contributed by atoms with E-state index in [1.165, 1.54) is 0 Å². The Kier molecular flexibility index (Phi) is 3.70. The van der Waals surface area contributed by atoms with Crippen molar-refractivity contribution < 1.29 is 14.6 Å². The van der Waals surface area contributed by atoms with Crippen molar-refractivity contribution in [3.8, 4) is 0 Å². The molecular formula is C15H17N3O3. The second-order valence-corrected chi connectivity index (χ2v) is 5.27. The Morgan fingerprint density at radius 1 is 1.43 bits per heavy atom. The number of ether oxygens (including phenoxy) is 1. The molecule has 0 bridgehead atoms. The number of para-hydroxylation sites is 1. The maximum Gasteiger partial charge on any atom is 0.374 e. The number of carbonyl (C=O) groups is 1. The fourth-order valence-electron chi connectivity index (χ4n) is 2.56. The van der Waals surface area contributed by atoms with Gasteiger partial charge in [-0.2, -0.15) is 0 Å². The van der Waals surface area contributed by atoms with Crippen molar-refractivity contribution in [2.75, 3.05) is 18.5 Å². The van der Waals surface area contributed by atoms with E-state index in [1.54, 1.807) is 6.07 Å². The summed E-state index contributed by atoms with van der Waals surface area (Å²) in [6, 6.07) is 7.56. The van der Waals surface area contributed by atoms with Gasteiger partial charge in [-0.1, -0.05) is 12.1 Å². The standard InChI is InChI=1S/C15H17N3O3/c1-9(10-6-7-21-8-10)16-13-11-4-2-3-5-12(11)17-14(18-13)15(19)20/h2-5,9-10H,6-8H2,1H3,(H,19,20)(H,16,17,18). The Bertz CT molecular complexity index is 668. The Morgan fingerprint density at radius 3 is 2.95 bits per heavy atom. The lowest BCUT2D eigenvalue weighted by Gasteiger charge is -2.20. The number of carboxylic acids is 1. The molecule has 21 heavy (non-hydrogen) atoms. The van der Waals surface area contributed by atoms with Crippen molar-refractivity contribution >= 4 is 22.7 Å². The summed E-state index contributed by atoms with van der Waals surface area (Å²) in [6.45, 7) is 3.57. The Balaban J connectivity index is 1.97. The van der Waals surface area contributed by atoms with E-state index in [-0.39, 0.29) is 11.9 Å². The van der Waals surface area contributed by atoms with Crippen molar-refractivity contribution in [2.45, 2.75) is 19.4 Å². The van der Waals surface area contributed by atoms with Crippen LogP contribution < -0.4 is 5.32 Å². The van der Waals surface area contributed by atoms with Crippen LogP contribution in [0.5, 0.6) is 0 Å². The molecule has 0 radical (unpaired) electrons. The van der Waals surface area contributed by atoms with E-state index in [2.05, 4.69) is 22.2 Å². The van der Waals surface area contributed by atoms with Crippen LogP contribution in [0.1, 0.15) is 24.0 Å². The molecule has 0 amide bonds. The molecule has 2 N–H and O–H groups in total. The molecule has 2 atom stereocenters. The highest BCUT2D eigenvalue weighted by atomic mass is 16.5. The first kappa shape index (κ1) is 13.8. The van der Waals surface area contributed by atoms with Crippen molar-refractivity contribution in [3.05, 3.63) is 30.1 Å². The van der Waals surface area contributed by atoms with Crippen molar-refractivity contribution in [1.29, 1.82) is 0 Å². The Hall–Kier alpha value is -2.21. The third-order valence-electron chi connectivity index (χ3n) is 3.83. The maximum atomic E-state index is 11.2. The number of hydrogen-bond acceptors (Lipinski definition) is 5. The van der Waals surface area contributed by atoms with E-state index < -0.39 is 5.97 Å². The zero-order chi connectivity index (χ0) is 14.8. The number of carboxylic acid groups (broad SMARTS) is 1. The molecule has 1 aliphatic rings. The molecule has 1 fully saturated rings. The number of aromatic carboxylic acids is 1. The van der Waals surface area contributed by atoms with Gasteiger partial charge in [0.1, 0.15) is 5.82 Å². The zero-order valence-electron chi connectivity index (χ0n) is 11.7. The van der Waals surface area contributed by atoms with E-state index in [0.29, 0.717) is 17.3 Å². The summed E-state index contributed by atoms with van der Waals surface area (Å²) in [6.07, 6.45) is 1.00. The second-order valence-electron chi connectivity index (χ2n) is 5.27. The lowest BCUT2D eigenvalue weighted by Crippen LogP contribution is -2.27. The van der Waals surface area contributed by atoms with Crippen LogP contribution in [0.2, 0.25) is 0 Å². The highest BCUT2D eigenvalue weighted by Gasteiger charge is 2.23. The number of benzene rings is 1. The molecule has 1 aromatic carbocycles. The van der Waals surface area contributed by atoms with Gasteiger partial charge in [0, 0.05) is 24.0 Å². The zero-order valence-corrected chi connectivity index (χ0v) is 11.7. The van der Waals surface area contributed by atoms with Crippen LogP contribution in [0, 0.1) is 5.92 Å². The lowest BCUT2D eigenvalue weighted by atomic mass is 10.0. The van der Waals surface area contributed by atoms with E-state index in [9.17, 15) is 4.79 Å². The molecule has 2 heterocycles. The third-order valence-corrected chi connectivity index (χ3v) is 3.83. The monoisotopic (exact) mass is 287 g/mol. The molecule has 1 aromatic heterocycles. The summed E-state index contributed by atoms with van der Waals surface area (Å²) in [5.74, 6) is -0.337. The van der Waals surface area contributed by atoms with E-state index in [4.69, 9.17) is 9.84 Å². The minimum atomic E-state index is -1.12. The minimum Gasteiger partial charge on any atom is -0.475 e. The number of aromatic nitrogens is 2. The van der Waals surface area contributed by atoms with Gasteiger partial charge in [-0.25, -0.2) is 14.8 Å². The van der Waals surface area contributed by atoms with Gasteiger partial charge in [-0.15, -0.1) is 0 Å². The molecule has 0 spiro atoms. The fraction of sp³-hybridized carbons (Fsp3) is 0.400. The fourth-order valence-corrected chi connectivity index (χ4v) is 2.56. The van der Waals surface area contributed by atoms with Gasteiger partial charge in [-0.3, -0.25) is 0 Å². The van der Waals surface area contributed by atoms with E-state index in [0.717, 1.165) is 25.0 Å².